The highest BCUT2D eigenvalue weighted by Crippen LogP contribution is 2.48. The van der Waals surface area contributed by atoms with E-state index in [1.165, 1.54) is 6.42 Å². The number of amides is 1. The predicted molar refractivity (Wildman–Crippen MR) is 64.8 cm³/mol. The van der Waals surface area contributed by atoms with Crippen LogP contribution in [0.25, 0.3) is 0 Å². The summed E-state index contributed by atoms with van der Waals surface area (Å²) in [5, 5.41) is 9.58. The minimum Gasteiger partial charge on any atom is -0.507 e. The van der Waals surface area contributed by atoms with Gasteiger partial charge in [-0.05, 0) is 24.7 Å². The van der Waals surface area contributed by atoms with Crippen molar-refractivity contribution >= 4 is 5.91 Å². The summed E-state index contributed by atoms with van der Waals surface area (Å²) in [5.41, 5.74) is -0.209. The van der Waals surface area contributed by atoms with Gasteiger partial charge in [0.1, 0.15) is 22.9 Å². The Morgan fingerprint density at radius 3 is 2.53 bits per heavy atom. The van der Waals surface area contributed by atoms with E-state index in [1.807, 2.05) is 0 Å². The molecule has 1 amide bonds. The smallest absolute Gasteiger partial charge is 0.260 e. The first-order valence-corrected chi connectivity index (χ1v) is 6.48. The Morgan fingerprint density at radius 1 is 1.26 bits per heavy atom. The summed E-state index contributed by atoms with van der Waals surface area (Å²) < 4.78 is 26.6. The molecule has 1 aliphatic carbocycles. The van der Waals surface area contributed by atoms with Crippen molar-refractivity contribution in [2.75, 3.05) is 13.1 Å². The van der Waals surface area contributed by atoms with Crippen LogP contribution in [0.2, 0.25) is 0 Å². The quantitative estimate of drug-likeness (QED) is 0.849. The Hall–Kier alpha value is -1.65. The highest BCUT2D eigenvalue weighted by atomic mass is 19.1. The van der Waals surface area contributed by atoms with Gasteiger partial charge in [0.05, 0.1) is 0 Å². The summed E-state index contributed by atoms with van der Waals surface area (Å²) in [6.45, 7) is 1.19. The van der Waals surface area contributed by atoms with E-state index in [1.54, 1.807) is 4.90 Å². The monoisotopic (exact) mass is 267 g/mol. The molecular weight excluding hydrogens is 252 g/mol. The topological polar surface area (TPSA) is 40.5 Å². The van der Waals surface area contributed by atoms with Gasteiger partial charge in [-0.2, -0.15) is 0 Å². The van der Waals surface area contributed by atoms with E-state index < -0.39 is 28.9 Å². The molecule has 2 aliphatic rings. The lowest BCUT2D eigenvalue weighted by molar-refractivity contribution is 0.0724. The lowest BCUT2D eigenvalue weighted by atomic mass is 9.68. The number of benzene rings is 1. The molecule has 3 nitrogen and oxygen atoms in total. The maximum absolute atomic E-state index is 13.7. The van der Waals surface area contributed by atoms with E-state index in [0.29, 0.717) is 19.2 Å². The van der Waals surface area contributed by atoms with Gasteiger partial charge in [0.15, 0.2) is 0 Å². The number of hydrogen-bond acceptors (Lipinski definition) is 2. The Labute approximate surface area is 109 Å². The number of nitrogens with zero attached hydrogens (tertiary/aromatic N) is 1. The minimum absolute atomic E-state index is 0.210. The summed E-state index contributed by atoms with van der Waals surface area (Å²) in [5.74, 6) is -3.06. The second-order valence-corrected chi connectivity index (χ2v) is 5.61. The highest BCUT2D eigenvalue weighted by Gasteiger charge is 2.44. The maximum Gasteiger partial charge on any atom is 0.260 e. The van der Waals surface area contributed by atoms with Crippen molar-refractivity contribution in [3.63, 3.8) is 0 Å². The van der Waals surface area contributed by atoms with Gasteiger partial charge < -0.3 is 10.0 Å². The number of phenols is 1. The number of aromatic hydroxyl groups is 1. The van der Waals surface area contributed by atoms with Gasteiger partial charge in [0.2, 0.25) is 0 Å². The fraction of sp³-hybridized carbons (Fsp3) is 0.500. The lowest BCUT2D eigenvalue weighted by Crippen LogP contribution is -2.36. The first-order chi connectivity index (χ1) is 9.01. The van der Waals surface area contributed by atoms with Crippen LogP contribution in [0.4, 0.5) is 8.78 Å². The summed E-state index contributed by atoms with van der Waals surface area (Å²) in [6, 6.07) is 1.40. The van der Waals surface area contributed by atoms with E-state index >= 15 is 0 Å². The van der Waals surface area contributed by atoms with Crippen molar-refractivity contribution in [2.45, 2.75) is 25.7 Å². The predicted octanol–water partition coefficient (Wildman–Crippen LogP) is 2.69. The number of phenolic OH excluding ortho intramolecular Hbond substituents is 1. The molecule has 2 fully saturated rings. The number of halogens is 2. The molecule has 1 spiro atoms. The highest BCUT2D eigenvalue weighted by molar-refractivity contribution is 5.97. The number of likely N-dealkylation sites (tertiary alicyclic amines) is 1. The third-order valence-electron chi connectivity index (χ3n) is 4.39. The van der Waals surface area contributed by atoms with Crippen molar-refractivity contribution in [1.82, 2.24) is 4.90 Å². The van der Waals surface area contributed by atoms with Gasteiger partial charge in [0, 0.05) is 25.2 Å². The molecule has 0 unspecified atom stereocenters. The van der Waals surface area contributed by atoms with Gasteiger partial charge in [-0.25, -0.2) is 8.78 Å². The van der Waals surface area contributed by atoms with E-state index in [0.717, 1.165) is 25.3 Å². The van der Waals surface area contributed by atoms with Crippen LogP contribution >= 0.6 is 0 Å². The van der Waals surface area contributed by atoms with Crippen LogP contribution in [0.15, 0.2) is 12.1 Å². The van der Waals surface area contributed by atoms with Crippen molar-refractivity contribution in [3.8, 4) is 5.75 Å². The van der Waals surface area contributed by atoms with Crippen molar-refractivity contribution in [2.24, 2.45) is 5.41 Å². The average Bonchev–Trinajstić information content (AvgIpc) is 2.71. The molecule has 0 aromatic heterocycles. The first kappa shape index (κ1) is 12.4. The molecule has 3 rings (SSSR count). The van der Waals surface area contributed by atoms with Crippen molar-refractivity contribution < 1.29 is 18.7 Å². The molecular formula is C14H15F2NO2. The van der Waals surface area contributed by atoms with Crippen LogP contribution in [-0.2, 0) is 0 Å². The Balaban J connectivity index is 1.85. The summed E-state index contributed by atoms with van der Waals surface area (Å²) in [7, 11) is 0. The Bertz CT molecular complexity index is 517. The Morgan fingerprint density at radius 2 is 2.00 bits per heavy atom. The fourth-order valence-electron chi connectivity index (χ4n) is 3.12. The number of carbonyl (C=O) groups excluding carboxylic acids is 1. The molecule has 1 aromatic carbocycles. The normalized spacial score (nSPS) is 20.6. The van der Waals surface area contributed by atoms with Crippen molar-refractivity contribution in [1.29, 1.82) is 0 Å². The van der Waals surface area contributed by atoms with Gasteiger partial charge >= 0.3 is 0 Å². The molecule has 1 aromatic rings. The maximum atomic E-state index is 13.7. The molecule has 1 aliphatic heterocycles. The van der Waals surface area contributed by atoms with Crippen LogP contribution < -0.4 is 0 Å². The zero-order chi connectivity index (χ0) is 13.6. The number of hydrogen-bond donors (Lipinski definition) is 1. The molecule has 1 N–H and O–H groups in total. The average molecular weight is 267 g/mol. The molecule has 0 bridgehead atoms. The largest absolute Gasteiger partial charge is 0.507 e. The van der Waals surface area contributed by atoms with Crippen LogP contribution in [0, 0.1) is 17.0 Å². The molecule has 19 heavy (non-hydrogen) atoms. The lowest BCUT2D eigenvalue weighted by Gasteiger charge is -2.37. The summed E-state index contributed by atoms with van der Waals surface area (Å²) >= 11 is 0. The van der Waals surface area contributed by atoms with Crippen LogP contribution in [0.5, 0.6) is 5.75 Å². The summed E-state index contributed by atoms with van der Waals surface area (Å²) in [4.78, 5) is 13.8. The molecule has 1 saturated heterocycles. The second kappa shape index (κ2) is 4.18. The molecule has 1 heterocycles. The van der Waals surface area contributed by atoms with Gasteiger partial charge in [-0.1, -0.05) is 6.42 Å². The second-order valence-electron chi connectivity index (χ2n) is 5.61. The third-order valence-corrected chi connectivity index (χ3v) is 4.39. The summed E-state index contributed by atoms with van der Waals surface area (Å²) in [6.07, 6.45) is 4.32. The van der Waals surface area contributed by atoms with Crippen LogP contribution in [0.1, 0.15) is 36.0 Å². The SMILES string of the molecule is O=C(c1c(O)cc(F)cc1F)N1CCC2(CCC2)C1. The molecule has 102 valence electrons. The zero-order valence-electron chi connectivity index (χ0n) is 10.5. The number of carbonyl (C=O) groups is 1. The van der Waals surface area contributed by atoms with Crippen molar-refractivity contribution in [3.05, 3.63) is 29.3 Å². The standard InChI is InChI=1S/C14H15F2NO2/c15-9-6-10(16)12(11(18)7-9)13(19)17-5-4-14(8-17)2-1-3-14/h6-7,18H,1-5,8H2. The van der Waals surface area contributed by atoms with Gasteiger partial charge in [0.25, 0.3) is 5.91 Å². The van der Waals surface area contributed by atoms with Gasteiger partial charge in [-0.15, -0.1) is 0 Å². The van der Waals surface area contributed by atoms with E-state index in [-0.39, 0.29) is 5.41 Å². The van der Waals surface area contributed by atoms with E-state index in [2.05, 4.69) is 0 Å². The Kier molecular flexibility index (Phi) is 2.73. The van der Waals surface area contributed by atoms with E-state index in [9.17, 15) is 18.7 Å². The molecule has 5 heteroatoms. The molecule has 0 atom stereocenters. The third kappa shape index (κ3) is 1.97. The van der Waals surface area contributed by atoms with E-state index in [4.69, 9.17) is 0 Å². The van der Waals surface area contributed by atoms with Gasteiger partial charge in [-0.3, -0.25) is 4.79 Å². The fourth-order valence-corrected chi connectivity index (χ4v) is 3.12. The van der Waals surface area contributed by atoms with Crippen LogP contribution in [-0.4, -0.2) is 29.0 Å². The molecule has 1 saturated carbocycles. The van der Waals surface area contributed by atoms with Crippen LogP contribution in [0.3, 0.4) is 0 Å². The first-order valence-electron chi connectivity index (χ1n) is 6.48. The number of rotatable bonds is 1. The molecule has 0 radical (unpaired) electrons. The zero-order valence-corrected chi connectivity index (χ0v) is 10.5. The minimum atomic E-state index is -1.00.